The summed E-state index contributed by atoms with van der Waals surface area (Å²) in [5.41, 5.74) is 0. The first kappa shape index (κ1) is 49.9. The molecule has 1 amide bonds. The number of unbranched alkanes of at least 4 members (excludes halogenated alkanes) is 19. The number of hydrogen-bond donors (Lipinski definition) is 1. The molecule has 0 aliphatic rings. The quantitative estimate of drug-likeness (QED) is 0.0476. The second kappa shape index (κ2) is 35.8. The van der Waals surface area contributed by atoms with Gasteiger partial charge in [0, 0.05) is 26.3 Å². The van der Waals surface area contributed by atoms with E-state index in [1.165, 1.54) is 58.3 Å². The number of hydrogen-bond acceptors (Lipinski definition) is 9. The van der Waals surface area contributed by atoms with E-state index in [2.05, 4.69) is 16.8 Å². The minimum Gasteiger partial charge on any atom is -0.790 e. The van der Waals surface area contributed by atoms with Gasteiger partial charge in [0.25, 0.3) is 0 Å². The van der Waals surface area contributed by atoms with Crippen LogP contribution in [0.1, 0.15) is 162 Å². The first-order valence-electron chi connectivity index (χ1n) is 16.9. The maximum Gasteiger partial charge on any atom is 1.00 e. The van der Waals surface area contributed by atoms with Crippen LogP contribution < -0.4 is 74.2 Å². The van der Waals surface area contributed by atoms with Gasteiger partial charge in [-0.05, 0) is 19.3 Å². The van der Waals surface area contributed by atoms with Crippen LogP contribution in [0.25, 0.3) is 0 Å². The first-order valence-corrected chi connectivity index (χ1v) is 18.4. The van der Waals surface area contributed by atoms with Gasteiger partial charge in [0.2, 0.25) is 5.91 Å². The molecular weight excluding hydrogens is 619 g/mol. The number of rotatable bonds is 31. The number of phosphoric acid groups is 1. The average molecular weight is 680 g/mol. The molecule has 0 aromatic heterocycles. The number of nitrogens with one attached hydrogen (secondary N) is 1. The maximum atomic E-state index is 12.3. The summed E-state index contributed by atoms with van der Waals surface area (Å²) in [4.78, 5) is 57.0. The molecule has 0 saturated carbocycles. The molecule has 0 spiro atoms. The maximum absolute atomic E-state index is 12.3. The van der Waals surface area contributed by atoms with Crippen molar-refractivity contribution in [2.75, 3.05) is 19.8 Å². The van der Waals surface area contributed by atoms with Crippen molar-refractivity contribution < 1.29 is 102 Å². The van der Waals surface area contributed by atoms with Crippen LogP contribution in [0.2, 0.25) is 0 Å². The van der Waals surface area contributed by atoms with Gasteiger partial charge in [-0.15, -0.1) is 0 Å². The Balaban J connectivity index is -0.00000882. The molecule has 0 radical (unpaired) electrons. The molecule has 0 aliphatic heterocycles. The molecule has 10 nitrogen and oxygen atoms in total. The van der Waals surface area contributed by atoms with E-state index in [0.29, 0.717) is 12.8 Å². The molecule has 0 rings (SSSR count). The topological polar surface area (TPSA) is 154 Å². The molecule has 0 bridgehead atoms. The summed E-state index contributed by atoms with van der Waals surface area (Å²) >= 11 is 0. The molecule has 0 unspecified atom stereocenters. The van der Waals surface area contributed by atoms with Gasteiger partial charge < -0.3 is 33.7 Å². The van der Waals surface area contributed by atoms with Crippen molar-refractivity contribution in [2.24, 2.45) is 0 Å². The Morgan fingerprint density at radius 1 is 0.622 bits per heavy atom. The molecule has 0 aromatic carbocycles. The summed E-state index contributed by atoms with van der Waals surface area (Å²) in [6.45, 7) is 3.45. The van der Waals surface area contributed by atoms with E-state index in [-0.39, 0.29) is 84.5 Å². The fourth-order valence-electron chi connectivity index (χ4n) is 4.80. The van der Waals surface area contributed by atoms with Crippen LogP contribution >= 0.6 is 7.82 Å². The zero-order valence-corrected chi connectivity index (χ0v) is 34.0. The van der Waals surface area contributed by atoms with Crippen molar-refractivity contribution in [3.63, 3.8) is 0 Å². The Labute approximate surface area is 317 Å². The predicted molar refractivity (Wildman–Crippen MR) is 165 cm³/mol. The van der Waals surface area contributed by atoms with E-state index in [1.807, 2.05) is 0 Å². The van der Waals surface area contributed by atoms with Crippen molar-refractivity contribution >= 4 is 25.7 Å². The fourth-order valence-corrected chi connectivity index (χ4v) is 5.15. The molecule has 1 atom stereocenters. The van der Waals surface area contributed by atoms with Crippen LogP contribution in [0.3, 0.4) is 0 Å². The Morgan fingerprint density at radius 3 is 1.44 bits per heavy atom. The molecule has 0 heterocycles. The number of carbonyl (C=O) groups excluding carboxylic acids is 3. The van der Waals surface area contributed by atoms with Gasteiger partial charge >= 0.3 is 71.1 Å². The standard InChI is InChI=1S/C32H62NO9P.2Na/c1-3-4-5-6-7-8-9-10-12-16-19-22-25-32(36)42-30(28-41-43(37,38)39)27-40-31(35)24-21-18-15-13-11-14-17-20-23-26-33-29(2)34;;/h30H,3-28H2,1-2H3,(H,33,34)(H2,37,38,39);;/q;2*+1/p-2/t30-;;/m0../s1. The van der Waals surface area contributed by atoms with E-state index in [1.54, 1.807) is 0 Å². The monoisotopic (exact) mass is 679 g/mol. The van der Waals surface area contributed by atoms with Crippen LogP contribution in [-0.4, -0.2) is 43.7 Å². The summed E-state index contributed by atoms with van der Waals surface area (Å²) < 4.78 is 25.6. The molecule has 0 aromatic rings. The van der Waals surface area contributed by atoms with Crippen LogP contribution in [0.5, 0.6) is 0 Å². The summed E-state index contributed by atoms with van der Waals surface area (Å²) in [7, 11) is -5.25. The third-order valence-corrected chi connectivity index (χ3v) is 7.78. The van der Waals surface area contributed by atoms with Crippen molar-refractivity contribution in [2.45, 2.75) is 168 Å². The van der Waals surface area contributed by atoms with Crippen LogP contribution in [-0.2, 0) is 32.9 Å². The van der Waals surface area contributed by atoms with Gasteiger partial charge in [0.1, 0.15) is 6.61 Å². The fraction of sp³-hybridized carbons (Fsp3) is 0.906. The number of phosphoric ester groups is 1. The molecule has 1 N–H and O–H groups in total. The smallest absolute Gasteiger partial charge is 0.790 e. The van der Waals surface area contributed by atoms with Crippen molar-refractivity contribution in [1.29, 1.82) is 0 Å². The second-order valence-corrected chi connectivity index (χ2v) is 12.7. The normalized spacial score (nSPS) is 11.6. The van der Waals surface area contributed by atoms with E-state index in [4.69, 9.17) is 9.47 Å². The van der Waals surface area contributed by atoms with Gasteiger partial charge in [-0.1, -0.05) is 122 Å². The van der Waals surface area contributed by atoms with Gasteiger partial charge in [-0.25, -0.2) is 0 Å². The van der Waals surface area contributed by atoms with E-state index < -0.39 is 32.5 Å². The number of ether oxygens (including phenoxy) is 2. The molecule has 254 valence electrons. The minimum atomic E-state index is -5.25. The molecule has 0 saturated heterocycles. The van der Waals surface area contributed by atoms with E-state index in [0.717, 1.165) is 77.2 Å². The number of carbonyl (C=O) groups is 3. The van der Waals surface area contributed by atoms with Gasteiger partial charge in [-0.2, -0.15) is 0 Å². The summed E-state index contributed by atoms with van der Waals surface area (Å²) in [6.07, 6.45) is 22.5. The second-order valence-electron chi connectivity index (χ2n) is 11.6. The molecule has 45 heavy (non-hydrogen) atoms. The summed E-state index contributed by atoms with van der Waals surface area (Å²) in [5.74, 6) is -0.985. The van der Waals surface area contributed by atoms with Crippen LogP contribution in [0.15, 0.2) is 0 Å². The van der Waals surface area contributed by atoms with Gasteiger partial charge in [0.15, 0.2) is 6.10 Å². The van der Waals surface area contributed by atoms with Crippen molar-refractivity contribution in [1.82, 2.24) is 5.32 Å². The molecular formula is C32H60NNa2O9P. The third-order valence-electron chi connectivity index (χ3n) is 7.31. The average Bonchev–Trinajstić information content (AvgIpc) is 2.95. The van der Waals surface area contributed by atoms with Gasteiger partial charge in [-0.3, -0.25) is 14.4 Å². The SMILES string of the molecule is CCCCCCCCCCCCCCC(=O)O[C@@H](COC(=O)CCCCCCCCCCCNC(C)=O)COP(=O)([O-])[O-].[Na+].[Na+]. The van der Waals surface area contributed by atoms with Gasteiger partial charge in [0.05, 0.1) is 14.4 Å². The molecule has 0 fully saturated rings. The Morgan fingerprint density at radius 2 is 1.02 bits per heavy atom. The first-order chi connectivity index (χ1) is 20.6. The zero-order valence-electron chi connectivity index (χ0n) is 29.1. The Bertz CT molecular complexity index is 756. The number of esters is 2. The Hall–Kier alpha value is 0.520. The van der Waals surface area contributed by atoms with Crippen LogP contribution in [0.4, 0.5) is 0 Å². The third kappa shape index (κ3) is 40.6. The predicted octanol–water partition coefficient (Wildman–Crippen LogP) is 0.423. The zero-order chi connectivity index (χ0) is 32.0. The van der Waals surface area contributed by atoms with Crippen LogP contribution in [0, 0.1) is 0 Å². The largest absolute Gasteiger partial charge is 1.00 e. The summed E-state index contributed by atoms with van der Waals surface area (Å²) in [5, 5.41) is 2.80. The van der Waals surface area contributed by atoms with Crippen molar-refractivity contribution in [3.8, 4) is 0 Å². The minimum absolute atomic E-state index is 0. The van der Waals surface area contributed by atoms with Crippen molar-refractivity contribution in [3.05, 3.63) is 0 Å². The Kier molecular flexibility index (Phi) is 39.7. The van der Waals surface area contributed by atoms with E-state index in [9.17, 15) is 28.7 Å². The number of amides is 1. The van der Waals surface area contributed by atoms with E-state index >= 15 is 0 Å². The summed E-state index contributed by atoms with van der Waals surface area (Å²) in [6, 6.07) is 0. The molecule has 13 heteroatoms. The molecule has 0 aliphatic carbocycles.